The summed E-state index contributed by atoms with van der Waals surface area (Å²) in [5.74, 6) is -0.517. The molecule has 1 aliphatic rings. The lowest BCUT2D eigenvalue weighted by Crippen LogP contribution is -2.16. The van der Waals surface area contributed by atoms with Crippen LogP contribution in [-0.2, 0) is 13.0 Å². The molecule has 0 unspecified atom stereocenters. The second-order valence-corrected chi connectivity index (χ2v) is 6.41. The predicted octanol–water partition coefficient (Wildman–Crippen LogP) is 3.25. The van der Waals surface area contributed by atoms with Crippen LogP contribution in [0.2, 0.25) is 0 Å². The topological polar surface area (TPSA) is 84.6 Å². The molecule has 2 aromatic heterocycles. The van der Waals surface area contributed by atoms with Crippen molar-refractivity contribution in [3.05, 3.63) is 41.0 Å². The fourth-order valence-corrected chi connectivity index (χ4v) is 3.86. The Kier molecular flexibility index (Phi) is 3.31. The van der Waals surface area contributed by atoms with Crippen LogP contribution in [0.5, 0.6) is 11.5 Å². The molecule has 7 heteroatoms. The first kappa shape index (κ1) is 14.8. The molecule has 1 aromatic carbocycles. The maximum Gasteiger partial charge on any atom is 0.352 e. The van der Waals surface area contributed by atoms with Crippen molar-refractivity contribution >= 4 is 17.3 Å². The minimum Gasteiger partial charge on any atom is -0.504 e. The van der Waals surface area contributed by atoms with Crippen molar-refractivity contribution in [1.82, 2.24) is 9.55 Å². The van der Waals surface area contributed by atoms with Gasteiger partial charge in [0.25, 0.3) is 0 Å². The molecule has 0 atom stereocenters. The number of carbonyl (C=O) groups is 1. The van der Waals surface area contributed by atoms with E-state index in [1.54, 1.807) is 22.9 Å². The van der Waals surface area contributed by atoms with Crippen LogP contribution < -0.4 is 4.74 Å². The number of phenolic OH excluding ortho intramolecular Hbond substituents is 1. The predicted molar refractivity (Wildman–Crippen MR) is 89.9 cm³/mol. The van der Waals surface area contributed by atoms with Gasteiger partial charge in [0.15, 0.2) is 11.5 Å². The summed E-state index contributed by atoms with van der Waals surface area (Å²) in [7, 11) is 1.51. The number of hydrogen-bond acceptors (Lipinski definition) is 5. The van der Waals surface area contributed by atoms with Gasteiger partial charge in [0.05, 0.1) is 12.8 Å². The molecule has 1 aliphatic heterocycles. The van der Waals surface area contributed by atoms with Gasteiger partial charge in [0.2, 0.25) is 0 Å². The van der Waals surface area contributed by atoms with Crippen LogP contribution in [0.3, 0.4) is 0 Å². The lowest BCUT2D eigenvalue weighted by atomic mass is 9.95. The number of aromatic nitrogens is 2. The molecule has 0 saturated carbocycles. The monoisotopic (exact) mass is 342 g/mol. The van der Waals surface area contributed by atoms with Gasteiger partial charge in [-0.15, -0.1) is 11.3 Å². The molecule has 0 radical (unpaired) electrons. The molecule has 0 amide bonds. The summed E-state index contributed by atoms with van der Waals surface area (Å²) in [6.45, 7) is 0.559. The number of aromatic hydroxyl groups is 1. The van der Waals surface area contributed by atoms with E-state index < -0.39 is 5.97 Å². The summed E-state index contributed by atoms with van der Waals surface area (Å²) in [5, 5.41) is 22.3. The Labute approximate surface area is 141 Å². The third-order valence-corrected chi connectivity index (χ3v) is 5.05. The van der Waals surface area contributed by atoms with Gasteiger partial charge in [-0.05, 0) is 30.2 Å². The minimum absolute atomic E-state index is 0.0351. The summed E-state index contributed by atoms with van der Waals surface area (Å²) in [6, 6.07) is 5.11. The number of carboxylic acid groups (broad SMARTS) is 1. The largest absolute Gasteiger partial charge is 0.504 e. The molecule has 0 fully saturated rings. The summed E-state index contributed by atoms with van der Waals surface area (Å²) >= 11 is 1.46. The highest BCUT2D eigenvalue weighted by Gasteiger charge is 2.28. The van der Waals surface area contributed by atoms with E-state index in [1.807, 2.05) is 11.4 Å². The Morgan fingerprint density at radius 3 is 2.83 bits per heavy atom. The number of aromatic carboxylic acids is 1. The van der Waals surface area contributed by atoms with E-state index in [2.05, 4.69) is 4.98 Å². The molecule has 0 aliphatic carbocycles. The Bertz CT molecular complexity index is 944. The summed E-state index contributed by atoms with van der Waals surface area (Å²) in [4.78, 5) is 15.9. The van der Waals surface area contributed by atoms with Crippen molar-refractivity contribution in [3.8, 4) is 33.3 Å². The maximum absolute atomic E-state index is 11.6. The fourth-order valence-electron chi connectivity index (χ4n) is 3.20. The number of thiazole rings is 1. The Morgan fingerprint density at radius 2 is 2.17 bits per heavy atom. The highest BCUT2D eigenvalue weighted by molar-refractivity contribution is 7.13. The van der Waals surface area contributed by atoms with E-state index in [4.69, 9.17) is 4.74 Å². The van der Waals surface area contributed by atoms with Gasteiger partial charge < -0.3 is 19.5 Å². The smallest absolute Gasteiger partial charge is 0.352 e. The number of nitrogens with zero attached hydrogens (tertiary/aromatic N) is 2. The minimum atomic E-state index is -0.972. The molecule has 4 rings (SSSR count). The van der Waals surface area contributed by atoms with Gasteiger partial charge in [-0.2, -0.15) is 0 Å². The lowest BCUT2D eigenvalue weighted by Gasteiger charge is -2.22. The fraction of sp³-hybridized carbons (Fsp3) is 0.176. The van der Waals surface area contributed by atoms with E-state index in [0.717, 1.165) is 27.4 Å². The zero-order chi connectivity index (χ0) is 16.8. The first-order valence-electron chi connectivity index (χ1n) is 7.37. The molecule has 2 N–H and O–H groups in total. The van der Waals surface area contributed by atoms with E-state index >= 15 is 0 Å². The van der Waals surface area contributed by atoms with Crippen molar-refractivity contribution in [2.45, 2.75) is 13.0 Å². The molecule has 24 heavy (non-hydrogen) atoms. The quantitative estimate of drug-likeness (QED) is 0.763. The van der Waals surface area contributed by atoms with Crippen molar-refractivity contribution < 1.29 is 19.7 Å². The number of hydrogen-bond donors (Lipinski definition) is 2. The number of benzene rings is 1. The van der Waals surface area contributed by atoms with Gasteiger partial charge in [-0.1, -0.05) is 0 Å². The Hall–Kier alpha value is -2.80. The third-order valence-electron chi connectivity index (χ3n) is 4.24. The summed E-state index contributed by atoms with van der Waals surface area (Å²) < 4.78 is 6.97. The van der Waals surface area contributed by atoms with Crippen molar-refractivity contribution in [3.63, 3.8) is 0 Å². The number of ether oxygens (including phenoxy) is 1. The molecular weight excluding hydrogens is 328 g/mol. The van der Waals surface area contributed by atoms with Crippen LogP contribution in [0.25, 0.3) is 21.8 Å². The molecule has 6 nitrogen and oxygen atoms in total. The standard InChI is InChI=1S/C17H14N2O4S/c1-23-14-6-9-2-4-19-12(17(21)22)7-11(16-18-3-5-24-16)15(19)10(9)8-13(14)20/h3,5-8,20H,2,4H2,1H3,(H,21,22). The molecule has 3 aromatic rings. The first-order chi connectivity index (χ1) is 11.6. The van der Waals surface area contributed by atoms with E-state index in [1.165, 1.54) is 18.4 Å². The molecule has 122 valence electrons. The normalized spacial score (nSPS) is 12.5. The van der Waals surface area contributed by atoms with Crippen molar-refractivity contribution in [2.24, 2.45) is 0 Å². The zero-order valence-electron chi connectivity index (χ0n) is 12.8. The van der Waals surface area contributed by atoms with Crippen molar-refractivity contribution in [1.29, 1.82) is 0 Å². The van der Waals surface area contributed by atoms with Gasteiger partial charge in [-0.25, -0.2) is 9.78 Å². The average molecular weight is 342 g/mol. The number of methoxy groups -OCH3 is 1. The van der Waals surface area contributed by atoms with Crippen LogP contribution in [0.1, 0.15) is 16.1 Å². The van der Waals surface area contributed by atoms with Gasteiger partial charge in [-0.3, -0.25) is 0 Å². The number of aryl methyl sites for hydroxylation is 1. The highest BCUT2D eigenvalue weighted by atomic mass is 32.1. The summed E-state index contributed by atoms with van der Waals surface area (Å²) in [5.41, 5.74) is 3.62. The van der Waals surface area contributed by atoms with Crippen LogP contribution in [0.4, 0.5) is 0 Å². The molecule has 0 spiro atoms. The van der Waals surface area contributed by atoms with Crippen LogP contribution >= 0.6 is 11.3 Å². The number of phenols is 1. The number of fused-ring (bicyclic) bond motifs is 3. The summed E-state index contributed by atoms with van der Waals surface area (Å²) in [6.07, 6.45) is 2.37. The van der Waals surface area contributed by atoms with E-state index in [0.29, 0.717) is 18.7 Å². The average Bonchev–Trinajstić information content (AvgIpc) is 3.21. The number of carboxylic acids is 1. The zero-order valence-corrected chi connectivity index (χ0v) is 13.6. The lowest BCUT2D eigenvalue weighted by molar-refractivity contribution is 0.0685. The van der Waals surface area contributed by atoms with E-state index in [-0.39, 0.29) is 11.4 Å². The molecule has 0 saturated heterocycles. The third kappa shape index (κ3) is 2.09. The van der Waals surface area contributed by atoms with Crippen molar-refractivity contribution in [2.75, 3.05) is 7.11 Å². The molecule has 3 heterocycles. The van der Waals surface area contributed by atoms with Crippen LogP contribution in [0.15, 0.2) is 29.8 Å². The SMILES string of the molecule is COc1cc2c(cc1O)-c1c(-c3nccs3)cc(C(=O)O)n1CC2. The van der Waals surface area contributed by atoms with Gasteiger partial charge in [0, 0.05) is 29.2 Å². The van der Waals surface area contributed by atoms with E-state index in [9.17, 15) is 15.0 Å². The van der Waals surface area contributed by atoms with Gasteiger partial charge in [0.1, 0.15) is 10.7 Å². The first-order valence-corrected chi connectivity index (χ1v) is 8.25. The molecular formula is C17H14N2O4S. The maximum atomic E-state index is 11.6. The van der Waals surface area contributed by atoms with Crippen LogP contribution in [0, 0.1) is 0 Å². The molecule has 0 bridgehead atoms. The second-order valence-electron chi connectivity index (χ2n) is 5.52. The van der Waals surface area contributed by atoms with Gasteiger partial charge >= 0.3 is 5.97 Å². The second kappa shape index (κ2) is 5.38. The number of rotatable bonds is 3. The highest BCUT2D eigenvalue weighted by Crippen LogP contribution is 2.44. The Morgan fingerprint density at radius 1 is 1.33 bits per heavy atom. The Balaban J connectivity index is 2.02. The van der Waals surface area contributed by atoms with Crippen LogP contribution in [-0.4, -0.2) is 32.8 Å².